The summed E-state index contributed by atoms with van der Waals surface area (Å²) in [7, 11) is 0. The second kappa shape index (κ2) is 5.38. The first-order valence-corrected chi connectivity index (χ1v) is 5.72. The third kappa shape index (κ3) is 3.26. The molecule has 2 amide bonds. The van der Waals surface area contributed by atoms with E-state index in [4.69, 9.17) is 0 Å². The molecule has 6 nitrogen and oxygen atoms in total. The van der Waals surface area contributed by atoms with Crippen molar-refractivity contribution in [3.8, 4) is 0 Å². The van der Waals surface area contributed by atoms with Gasteiger partial charge in [-0.05, 0) is 0 Å². The fourth-order valence-corrected chi connectivity index (χ4v) is 2.07. The van der Waals surface area contributed by atoms with E-state index in [0.29, 0.717) is 13.1 Å². The third-order valence-corrected chi connectivity index (χ3v) is 2.96. The van der Waals surface area contributed by atoms with Gasteiger partial charge in [0.05, 0.1) is 13.1 Å². The number of imide groups is 1. The van der Waals surface area contributed by atoms with E-state index in [9.17, 15) is 9.59 Å². The highest BCUT2D eigenvalue weighted by molar-refractivity contribution is 5.99. The lowest BCUT2D eigenvalue weighted by Crippen LogP contribution is -2.53. The Kier molecular flexibility index (Phi) is 3.87. The molecule has 6 heteroatoms. The van der Waals surface area contributed by atoms with Gasteiger partial charge >= 0.3 is 0 Å². The second-order valence-corrected chi connectivity index (χ2v) is 4.27. The number of hydrogen-bond acceptors (Lipinski definition) is 5. The molecule has 90 valence electrons. The maximum atomic E-state index is 11.1. The molecule has 2 N–H and O–H groups in total. The lowest BCUT2D eigenvalue weighted by Gasteiger charge is -2.31. The maximum absolute atomic E-state index is 11.1. The van der Waals surface area contributed by atoms with Gasteiger partial charge < -0.3 is 5.32 Å². The molecule has 0 aliphatic carbocycles. The Balaban J connectivity index is 1.72. The van der Waals surface area contributed by atoms with Gasteiger partial charge in [0, 0.05) is 39.3 Å². The van der Waals surface area contributed by atoms with Crippen LogP contribution >= 0.6 is 0 Å². The highest BCUT2D eigenvalue weighted by Crippen LogP contribution is 1.97. The first-order chi connectivity index (χ1) is 7.74. The Morgan fingerprint density at radius 2 is 1.50 bits per heavy atom. The van der Waals surface area contributed by atoms with Crippen LogP contribution in [0.1, 0.15) is 0 Å². The Morgan fingerprint density at radius 1 is 0.938 bits per heavy atom. The molecule has 0 saturated carbocycles. The standard InChI is InChI=1S/C10H18N4O2/c15-9-7-14(8-10(16)12-9)6-5-13-3-1-11-2-4-13/h11H,1-8H2,(H,12,15,16). The van der Waals surface area contributed by atoms with Crippen molar-refractivity contribution in [2.75, 3.05) is 52.4 Å². The van der Waals surface area contributed by atoms with E-state index >= 15 is 0 Å². The molecule has 0 unspecified atom stereocenters. The summed E-state index contributed by atoms with van der Waals surface area (Å²) >= 11 is 0. The Labute approximate surface area is 95.0 Å². The summed E-state index contributed by atoms with van der Waals surface area (Å²) in [6.07, 6.45) is 0. The lowest BCUT2D eigenvalue weighted by molar-refractivity contribution is -0.136. The van der Waals surface area contributed by atoms with Gasteiger partial charge in [0.25, 0.3) is 0 Å². The minimum atomic E-state index is -0.184. The number of rotatable bonds is 3. The molecular formula is C10H18N4O2. The molecule has 16 heavy (non-hydrogen) atoms. The summed E-state index contributed by atoms with van der Waals surface area (Å²) < 4.78 is 0. The van der Waals surface area contributed by atoms with Crippen molar-refractivity contribution in [1.29, 1.82) is 0 Å². The van der Waals surface area contributed by atoms with E-state index in [0.717, 1.165) is 39.3 Å². The van der Waals surface area contributed by atoms with Crippen molar-refractivity contribution in [1.82, 2.24) is 20.4 Å². The van der Waals surface area contributed by atoms with E-state index in [1.807, 2.05) is 4.90 Å². The Morgan fingerprint density at radius 3 is 2.12 bits per heavy atom. The van der Waals surface area contributed by atoms with Gasteiger partial charge in [0.15, 0.2) is 0 Å². The topological polar surface area (TPSA) is 64.7 Å². The minimum Gasteiger partial charge on any atom is -0.314 e. The van der Waals surface area contributed by atoms with Crippen LogP contribution in [0.5, 0.6) is 0 Å². The normalized spacial score (nSPS) is 24.5. The van der Waals surface area contributed by atoms with Crippen LogP contribution in [0, 0.1) is 0 Å². The molecular weight excluding hydrogens is 208 g/mol. The number of hydrogen-bond donors (Lipinski definition) is 2. The number of piperazine rings is 2. The van der Waals surface area contributed by atoms with E-state index in [2.05, 4.69) is 15.5 Å². The summed E-state index contributed by atoms with van der Waals surface area (Å²) in [6.45, 7) is 6.57. The molecule has 2 heterocycles. The monoisotopic (exact) mass is 226 g/mol. The first-order valence-electron chi connectivity index (χ1n) is 5.72. The van der Waals surface area contributed by atoms with Crippen molar-refractivity contribution in [2.45, 2.75) is 0 Å². The van der Waals surface area contributed by atoms with Crippen LogP contribution < -0.4 is 10.6 Å². The van der Waals surface area contributed by atoms with Crippen LogP contribution in [0.3, 0.4) is 0 Å². The van der Waals surface area contributed by atoms with Gasteiger partial charge in [-0.15, -0.1) is 0 Å². The zero-order valence-electron chi connectivity index (χ0n) is 9.37. The predicted octanol–water partition coefficient (Wildman–Crippen LogP) is -2.15. The zero-order chi connectivity index (χ0) is 11.4. The van der Waals surface area contributed by atoms with Crippen LogP contribution in [-0.2, 0) is 9.59 Å². The highest BCUT2D eigenvalue weighted by atomic mass is 16.2. The van der Waals surface area contributed by atoms with Gasteiger partial charge in [-0.2, -0.15) is 0 Å². The van der Waals surface area contributed by atoms with Gasteiger partial charge in [0.2, 0.25) is 11.8 Å². The number of carbonyl (C=O) groups is 2. The van der Waals surface area contributed by atoms with Gasteiger partial charge in [-0.1, -0.05) is 0 Å². The molecule has 0 bridgehead atoms. The molecule has 0 aromatic heterocycles. The van der Waals surface area contributed by atoms with E-state index in [1.54, 1.807) is 0 Å². The predicted molar refractivity (Wildman–Crippen MR) is 58.9 cm³/mol. The molecule has 0 atom stereocenters. The summed E-state index contributed by atoms with van der Waals surface area (Å²) in [5, 5.41) is 5.60. The molecule has 2 saturated heterocycles. The van der Waals surface area contributed by atoms with E-state index in [1.165, 1.54) is 0 Å². The Hall–Kier alpha value is -0.980. The van der Waals surface area contributed by atoms with Crippen LogP contribution in [-0.4, -0.2) is 74.0 Å². The average Bonchev–Trinajstić information content (AvgIpc) is 2.27. The molecule has 0 spiro atoms. The summed E-state index contributed by atoms with van der Waals surface area (Å²) in [5.74, 6) is -0.367. The third-order valence-electron chi connectivity index (χ3n) is 2.96. The highest BCUT2D eigenvalue weighted by Gasteiger charge is 2.22. The first kappa shape index (κ1) is 11.5. The van der Waals surface area contributed by atoms with Crippen LogP contribution in [0.15, 0.2) is 0 Å². The molecule has 2 aliphatic heterocycles. The SMILES string of the molecule is O=C1CN(CCN2CCNCC2)CC(=O)N1. The average molecular weight is 226 g/mol. The molecule has 0 aromatic carbocycles. The van der Waals surface area contributed by atoms with Gasteiger partial charge in [-0.25, -0.2) is 0 Å². The summed E-state index contributed by atoms with van der Waals surface area (Å²) in [5.41, 5.74) is 0. The zero-order valence-corrected chi connectivity index (χ0v) is 9.37. The van der Waals surface area contributed by atoms with E-state index < -0.39 is 0 Å². The van der Waals surface area contributed by atoms with E-state index in [-0.39, 0.29) is 11.8 Å². The van der Waals surface area contributed by atoms with Crippen molar-refractivity contribution < 1.29 is 9.59 Å². The largest absolute Gasteiger partial charge is 0.314 e. The van der Waals surface area contributed by atoms with Gasteiger partial charge in [0.1, 0.15) is 0 Å². The molecule has 2 rings (SSSR count). The smallest absolute Gasteiger partial charge is 0.240 e. The van der Waals surface area contributed by atoms with Crippen LogP contribution in [0.25, 0.3) is 0 Å². The molecule has 2 aliphatic rings. The number of nitrogens with one attached hydrogen (secondary N) is 2. The number of amides is 2. The maximum Gasteiger partial charge on any atom is 0.240 e. The lowest BCUT2D eigenvalue weighted by atomic mass is 10.3. The van der Waals surface area contributed by atoms with Crippen molar-refractivity contribution >= 4 is 11.8 Å². The summed E-state index contributed by atoms with van der Waals surface area (Å²) in [4.78, 5) is 26.5. The minimum absolute atomic E-state index is 0.184. The fraction of sp³-hybridized carbons (Fsp3) is 0.800. The fourth-order valence-electron chi connectivity index (χ4n) is 2.07. The van der Waals surface area contributed by atoms with Crippen LogP contribution in [0.2, 0.25) is 0 Å². The number of nitrogens with zero attached hydrogens (tertiary/aromatic N) is 2. The van der Waals surface area contributed by atoms with Crippen molar-refractivity contribution in [3.05, 3.63) is 0 Å². The second-order valence-electron chi connectivity index (χ2n) is 4.27. The molecule has 0 radical (unpaired) electrons. The Bertz CT molecular complexity index is 260. The van der Waals surface area contributed by atoms with Crippen molar-refractivity contribution in [3.63, 3.8) is 0 Å². The summed E-state index contributed by atoms with van der Waals surface area (Å²) in [6, 6.07) is 0. The van der Waals surface area contributed by atoms with Crippen LogP contribution in [0.4, 0.5) is 0 Å². The van der Waals surface area contributed by atoms with Gasteiger partial charge in [-0.3, -0.25) is 24.7 Å². The quantitative estimate of drug-likeness (QED) is 0.537. The molecule has 0 aromatic rings. The van der Waals surface area contributed by atoms with Crippen molar-refractivity contribution in [2.24, 2.45) is 0 Å². The number of carbonyl (C=O) groups excluding carboxylic acids is 2. The molecule has 2 fully saturated rings.